The number of hydrogen-bond acceptors (Lipinski definition) is 3. The maximum absolute atomic E-state index is 14.1. The minimum Gasteiger partial charge on any atom is -0.409 e. The number of nitrogens with one attached hydrogen (secondary N) is 1. The molecule has 0 spiro atoms. The zero-order valence-electron chi connectivity index (χ0n) is 10.8. The molecule has 2 rings (SSSR count). The first-order chi connectivity index (χ1) is 10.0. The number of rotatable bonds is 4. The van der Waals surface area contributed by atoms with E-state index in [4.69, 9.17) is 10.9 Å². The van der Waals surface area contributed by atoms with Crippen molar-refractivity contribution in [2.24, 2.45) is 10.9 Å². The molecule has 0 saturated heterocycles. The third-order valence-electron chi connectivity index (χ3n) is 2.88. The van der Waals surface area contributed by atoms with Crippen molar-refractivity contribution < 1.29 is 18.4 Å². The molecule has 0 atom stereocenters. The van der Waals surface area contributed by atoms with Crippen LogP contribution in [-0.2, 0) is 6.54 Å². The Bertz CT molecular complexity index is 669. The van der Waals surface area contributed by atoms with Crippen LogP contribution in [0.15, 0.2) is 41.6 Å². The van der Waals surface area contributed by atoms with Gasteiger partial charge in [-0.15, -0.1) is 0 Å². The van der Waals surface area contributed by atoms with Crippen LogP contribution in [0.4, 0.5) is 18.9 Å². The Hall–Kier alpha value is -2.70. The van der Waals surface area contributed by atoms with Crippen LogP contribution in [0.2, 0.25) is 0 Å². The first-order valence-corrected chi connectivity index (χ1v) is 5.97. The van der Waals surface area contributed by atoms with E-state index in [-0.39, 0.29) is 29.2 Å². The second kappa shape index (κ2) is 6.17. The van der Waals surface area contributed by atoms with Crippen LogP contribution >= 0.6 is 0 Å². The number of hydrogen-bond donors (Lipinski definition) is 3. The lowest BCUT2D eigenvalue weighted by Crippen LogP contribution is -2.16. The van der Waals surface area contributed by atoms with Gasteiger partial charge >= 0.3 is 0 Å². The summed E-state index contributed by atoms with van der Waals surface area (Å²) in [5.74, 6) is -2.66. The summed E-state index contributed by atoms with van der Waals surface area (Å²) in [6, 6.07) is 7.66. The highest BCUT2D eigenvalue weighted by atomic mass is 19.1. The summed E-state index contributed by atoms with van der Waals surface area (Å²) in [5.41, 5.74) is 5.03. The molecular weight excluding hydrogens is 283 g/mol. The molecule has 0 aromatic heterocycles. The largest absolute Gasteiger partial charge is 0.409 e. The number of nitrogens with two attached hydrogens (primary N) is 1. The predicted octanol–water partition coefficient (Wildman–Crippen LogP) is 2.81. The fourth-order valence-electron chi connectivity index (χ4n) is 1.82. The van der Waals surface area contributed by atoms with E-state index < -0.39 is 17.5 Å². The minimum absolute atomic E-state index is 0.0918. The molecule has 4 nitrogen and oxygen atoms in total. The quantitative estimate of drug-likeness (QED) is 0.351. The molecule has 0 radical (unpaired) electrons. The number of oxime groups is 1. The molecule has 0 heterocycles. The van der Waals surface area contributed by atoms with Gasteiger partial charge in [-0.2, -0.15) is 0 Å². The van der Waals surface area contributed by atoms with Crippen molar-refractivity contribution in [3.8, 4) is 0 Å². The predicted molar refractivity (Wildman–Crippen MR) is 72.6 cm³/mol. The van der Waals surface area contributed by atoms with Gasteiger partial charge in [0.15, 0.2) is 5.84 Å². The van der Waals surface area contributed by atoms with Gasteiger partial charge in [0.05, 0.1) is 5.56 Å². The molecule has 7 heteroatoms. The Morgan fingerprint density at radius 3 is 2.33 bits per heavy atom. The number of nitrogens with zero attached hydrogens (tertiary/aromatic N) is 1. The molecule has 0 aliphatic heterocycles. The van der Waals surface area contributed by atoms with E-state index in [2.05, 4.69) is 10.5 Å². The van der Waals surface area contributed by atoms with Crippen LogP contribution < -0.4 is 11.1 Å². The van der Waals surface area contributed by atoms with Gasteiger partial charge in [0.25, 0.3) is 0 Å². The second-order valence-corrected chi connectivity index (χ2v) is 4.21. The lowest BCUT2D eigenvalue weighted by atomic mass is 10.1. The van der Waals surface area contributed by atoms with Gasteiger partial charge in [-0.25, -0.2) is 13.2 Å². The number of para-hydroxylation sites is 1. The first kappa shape index (κ1) is 14.7. The smallest absolute Gasteiger partial charge is 0.173 e. The van der Waals surface area contributed by atoms with Crippen molar-refractivity contribution >= 4 is 11.5 Å². The van der Waals surface area contributed by atoms with E-state index in [9.17, 15) is 13.2 Å². The van der Waals surface area contributed by atoms with Crippen LogP contribution in [-0.4, -0.2) is 11.0 Å². The highest BCUT2D eigenvalue weighted by Gasteiger charge is 2.13. The Morgan fingerprint density at radius 2 is 1.71 bits per heavy atom. The molecule has 0 aliphatic carbocycles. The van der Waals surface area contributed by atoms with Crippen molar-refractivity contribution in [3.05, 3.63) is 65.0 Å². The first-order valence-electron chi connectivity index (χ1n) is 5.97. The molecule has 0 saturated carbocycles. The fourth-order valence-corrected chi connectivity index (χ4v) is 1.82. The summed E-state index contributed by atoms with van der Waals surface area (Å²) in [6.45, 7) is -0.157. The van der Waals surface area contributed by atoms with Gasteiger partial charge < -0.3 is 16.3 Å². The van der Waals surface area contributed by atoms with Gasteiger partial charge in [-0.05, 0) is 18.2 Å². The number of amidine groups is 1. The van der Waals surface area contributed by atoms with Crippen LogP contribution in [0, 0.1) is 17.5 Å². The summed E-state index contributed by atoms with van der Waals surface area (Å²) in [6.07, 6.45) is 0. The lowest BCUT2D eigenvalue weighted by molar-refractivity contribution is 0.318. The van der Waals surface area contributed by atoms with Crippen molar-refractivity contribution in [1.82, 2.24) is 0 Å². The third-order valence-corrected chi connectivity index (χ3v) is 2.88. The van der Waals surface area contributed by atoms with Crippen LogP contribution in [0.5, 0.6) is 0 Å². The SMILES string of the molecule is N/C(=N/O)c1cccc(CNc2c(F)cccc2F)c1F. The summed E-state index contributed by atoms with van der Waals surface area (Å²) in [7, 11) is 0. The molecular formula is C14H12F3N3O. The average Bonchev–Trinajstić information content (AvgIpc) is 2.47. The molecule has 21 heavy (non-hydrogen) atoms. The van der Waals surface area contributed by atoms with E-state index in [0.29, 0.717) is 0 Å². The van der Waals surface area contributed by atoms with Crippen LogP contribution in [0.3, 0.4) is 0 Å². The van der Waals surface area contributed by atoms with Gasteiger partial charge in [-0.3, -0.25) is 0 Å². The Kier molecular flexibility index (Phi) is 4.32. The maximum atomic E-state index is 14.1. The van der Waals surface area contributed by atoms with Gasteiger partial charge in [-0.1, -0.05) is 23.4 Å². The van der Waals surface area contributed by atoms with E-state index in [1.54, 1.807) is 0 Å². The Labute approximate surface area is 118 Å². The highest BCUT2D eigenvalue weighted by molar-refractivity contribution is 5.97. The molecule has 2 aromatic carbocycles. The molecule has 0 unspecified atom stereocenters. The van der Waals surface area contributed by atoms with Crippen LogP contribution in [0.1, 0.15) is 11.1 Å². The summed E-state index contributed by atoms with van der Waals surface area (Å²) < 4.78 is 41.0. The summed E-state index contributed by atoms with van der Waals surface area (Å²) >= 11 is 0. The van der Waals surface area contributed by atoms with Crippen LogP contribution in [0.25, 0.3) is 0 Å². The van der Waals surface area contributed by atoms with Crippen molar-refractivity contribution in [2.75, 3.05) is 5.32 Å². The summed E-state index contributed by atoms with van der Waals surface area (Å²) in [4.78, 5) is 0. The second-order valence-electron chi connectivity index (χ2n) is 4.21. The van der Waals surface area contributed by atoms with E-state index in [1.165, 1.54) is 24.3 Å². The normalized spacial score (nSPS) is 11.5. The van der Waals surface area contributed by atoms with E-state index in [0.717, 1.165) is 12.1 Å². The van der Waals surface area contributed by atoms with Gasteiger partial charge in [0.2, 0.25) is 0 Å². The van der Waals surface area contributed by atoms with E-state index in [1.807, 2.05) is 0 Å². The molecule has 0 aliphatic rings. The van der Waals surface area contributed by atoms with Crippen molar-refractivity contribution in [1.29, 1.82) is 0 Å². The number of benzene rings is 2. The lowest BCUT2D eigenvalue weighted by Gasteiger charge is -2.11. The maximum Gasteiger partial charge on any atom is 0.173 e. The van der Waals surface area contributed by atoms with Gasteiger partial charge in [0.1, 0.15) is 23.1 Å². The standard InChI is InChI=1S/C14H12F3N3O/c15-10-5-2-6-11(16)13(10)19-7-8-3-1-4-9(12(8)17)14(18)20-21/h1-6,19,21H,7H2,(H2,18,20). The zero-order valence-corrected chi connectivity index (χ0v) is 10.8. The highest BCUT2D eigenvalue weighted by Crippen LogP contribution is 2.20. The molecule has 4 N–H and O–H groups in total. The molecule has 0 amide bonds. The number of halogens is 3. The third kappa shape index (κ3) is 3.07. The molecule has 0 bridgehead atoms. The topological polar surface area (TPSA) is 70.6 Å². The fraction of sp³-hybridized carbons (Fsp3) is 0.0714. The summed E-state index contributed by atoms with van der Waals surface area (Å²) in [5, 5.41) is 13.8. The average molecular weight is 295 g/mol. The molecule has 0 fully saturated rings. The zero-order chi connectivity index (χ0) is 15.4. The number of anilines is 1. The minimum atomic E-state index is -0.775. The monoisotopic (exact) mass is 295 g/mol. The van der Waals surface area contributed by atoms with E-state index >= 15 is 0 Å². The van der Waals surface area contributed by atoms with Gasteiger partial charge in [0, 0.05) is 12.1 Å². The van der Waals surface area contributed by atoms with Crippen molar-refractivity contribution in [3.63, 3.8) is 0 Å². The molecule has 2 aromatic rings. The van der Waals surface area contributed by atoms with Crippen molar-refractivity contribution in [2.45, 2.75) is 6.54 Å². The molecule has 110 valence electrons. The Morgan fingerprint density at radius 1 is 1.10 bits per heavy atom. The Balaban J connectivity index is 2.25.